The zero-order valence-corrected chi connectivity index (χ0v) is 12.8. The van der Waals surface area contributed by atoms with Gasteiger partial charge in [-0.05, 0) is 24.6 Å². The Morgan fingerprint density at radius 2 is 2.14 bits per heavy atom. The van der Waals surface area contributed by atoms with Gasteiger partial charge in [0.2, 0.25) is 0 Å². The lowest BCUT2D eigenvalue weighted by atomic mass is 10.1. The summed E-state index contributed by atoms with van der Waals surface area (Å²) in [5.41, 5.74) is 1.08. The summed E-state index contributed by atoms with van der Waals surface area (Å²) in [6.45, 7) is 5.33. The Labute approximate surface area is 129 Å². The van der Waals surface area contributed by atoms with Crippen molar-refractivity contribution in [1.82, 2.24) is 4.90 Å². The van der Waals surface area contributed by atoms with Crippen molar-refractivity contribution in [2.75, 3.05) is 33.0 Å². The van der Waals surface area contributed by atoms with E-state index in [1.807, 2.05) is 12.1 Å². The van der Waals surface area contributed by atoms with Gasteiger partial charge in [0.25, 0.3) is 0 Å². The number of aliphatic hydroxyl groups is 1. The van der Waals surface area contributed by atoms with Crippen molar-refractivity contribution in [2.45, 2.75) is 25.6 Å². The lowest BCUT2D eigenvalue weighted by Gasteiger charge is -2.37. The molecule has 0 saturated carbocycles. The van der Waals surface area contributed by atoms with Gasteiger partial charge in [0.05, 0.1) is 24.3 Å². The van der Waals surface area contributed by atoms with Gasteiger partial charge in [-0.1, -0.05) is 11.6 Å². The highest BCUT2D eigenvalue weighted by Crippen LogP contribution is 2.38. The number of morpholine rings is 1. The standard InChI is InChI=1S/C15H20ClNO4/c1-10-9-21-12(8-18)7-17(10)6-11-4-13(16)15-14(5-11)19-2-3-20-15/h4-5,10,12,18H,2-3,6-9H2,1H3. The molecule has 6 heteroatoms. The molecule has 3 rings (SSSR count). The van der Waals surface area contributed by atoms with Crippen molar-refractivity contribution in [1.29, 1.82) is 0 Å². The molecule has 0 amide bonds. The quantitative estimate of drug-likeness (QED) is 0.920. The van der Waals surface area contributed by atoms with E-state index in [4.69, 9.17) is 25.8 Å². The molecule has 1 saturated heterocycles. The minimum absolute atomic E-state index is 0.0467. The average molecular weight is 314 g/mol. The molecule has 0 radical (unpaired) electrons. The van der Waals surface area contributed by atoms with E-state index in [9.17, 15) is 5.11 Å². The molecule has 1 aromatic carbocycles. The molecule has 0 bridgehead atoms. The topological polar surface area (TPSA) is 51.2 Å². The minimum Gasteiger partial charge on any atom is -0.486 e. The predicted octanol–water partition coefficient (Wildman–Crippen LogP) is 1.69. The van der Waals surface area contributed by atoms with Crippen molar-refractivity contribution in [3.8, 4) is 11.5 Å². The fourth-order valence-corrected chi connectivity index (χ4v) is 2.98. The van der Waals surface area contributed by atoms with E-state index in [1.54, 1.807) is 0 Å². The van der Waals surface area contributed by atoms with Gasteiger partial charge in [0.15, 0.2) is 11.5 Å². The van der Waals surface area contributed by atoms with Gasteiger partial charge in [0.1, 0.15) is 13.2 Å². The molecule has 1 N–H and O–H groups in total. The van der Waals surface area contributed by atoms with Gasteiger partial charge < -0.3 is 19.3 Å². The van der Waals surface area contributed by atoms with E-state index < -0.39 is 0 Å². The number of fused-ring (bicyclic) bond motifs is 1. The van der Waals surface area contributed by atoms with Crippen LogP contribution in [0.4, 0.5) is 0 Å². The first-order chi connectivity index (χ1) is 10.2. The Kier molecular flexibility index (Phi) is 4.54. The number of hydrogen-bond acceptors (Lipinski definition) is 5. The summed E-state index contributed by atoms with van der Waals surface area (Å²) < 4.78 is 16.7. The van der Waals surface area contributed by atoms with Gasteiger partial charge in [-0.3, -0.25) is 4.90 Å². The first kappa shape index (κ1) is 14.9. The normalized spacial score (nSPS) is 25.9. The maximum absolute atomic E-state index is 9.25. The summed E-state index contributed by atoms with van der Waals surface area (Å²) in [4.78, 5) is 2.28. The molecule has 2 aliphatic heterocycles. The Balaban J connectivity index is 1.76. The van der Waals surface area contributed by atoms with Crippen molar-refractivity contribution in [3.63, 3.8) is 0 Å². The van der Waals surface area contributed by atoms with Gasteiger partial charge >= 0.3 is 0 Å². The van der Waals surface area contributed by atoms with Crippen LogP contribution in [0.3, 0.4) is 0 Å². The molecule has 0 aliphatic carbocycles. The first-order valence-corrected chi connectivity index (χ1v) is 7.59. The second-order valence-electron chi connectivity index (χ2n) is 5.52. The molecule has 2 heterocycles. The smallest absolute Gasteiger partial charge is 0.179 e. The van der Waals surface area contributed by atoms with Crippen LogP contribution in [-0.2, 0) is 11.3 Å². The molecule has 1 aromatic rings. The molecule has 0 aromatic heterocycles. The molecular formula is C15H20ClNO4. The third-order valence-corrected chi connectivity index (χ3v) is 4.16. The maximum atomic E-state index is 9.25. The first-order valence-electron chi connectivity index (χ1n) is 7.22. The third kappa shape index (κ3) is 3.26. The summed E-state index contributed by atoms with van der Waals surface area (Å²) in [5.74, 6) is 1.35. The highest BCUT2D eigenvalue weighted by Gasteiger charge is 2.26. The number of halogens is 1. The summed E-state index contributed by atoms with van der Waals surface area (Å²) in [6, 6.07) is 4.21. The zero-order chi connectivity index (χ0) is 14.8. The molecule has 1 fully saturated rings. The van der Waals surface area contributed by atoms with Crippen molar-refractivity contribution in [2.24, 2.45) is 0 Å². The van der Waals surface area contributed by atoms with Crippen molar-refractivity contribution >= 4 is 11.6 Å². The van der Waals surface area contributed by atoms with Crippen LogP contribution in [0.5, 0.6) is 11.5 Å². The highest BCUT2D eigenvalue weighted by atomic mass is 35.5. The summed E-state index contributed by atoms with van der Waals surface area (Å²) in [6.07, 6.45) is -0.117. The second-order valence-corrected chi connectivity index (χ2v) is 5.93. The molecule has 2 atom stereocenters. The number of benzene rings is 1. The molecule has 2 aliphatic rings. The van der Waals surface area contributed by atoms with Crippen LogP contribution in [-0.4, -0.2) is 55.1 Å². The molecule has 2 unspecified atom stereocenters. The van der Waals surface area contributed by atoms with Gasteiger partial charge in [-0.15, -0.1) is 0 Å². The summed E-state index contributed by atoms with van der Waals surface area (Å²) in [5, 5.41) is 9.84. The van der Waals surface area contributed by atoms with Crippen LogP contribution in [0.1, 0.15) is 12.5 Å². The van der Waals surface area contributed by atoms with E-state index in [-0.39, 0.29) is 12.7 Å². The van der Waals surface area contributed by atoms with E-state index >= 15 is 0 Å². The number of ether oxygens (including phenoxy) is 3. The Morgan fingerprint density at radius 3 is 2.95 bits per heavy atom. The molecule has 0 spiro atoms. The molecule has 116 valence electrons. The van der Waals surface area contributed by atoms with Crippen LogP contribution in [0.15, 0.2) is 12.1 Å². The Morgan fingerprint density at radius 1 is 1.33 bits per heavy atom. The highest BCUT2D eigenvalue weighted by molar-refractivity contribution is 6.32. The monoisotopic (exact) mass is 313 g/mol. The van der Waals surface area contributed by atoms with Gasteiger partial charge in [-0.2, -0.15) is 0 Å². The maximum Gasteiger partial charge on any atom is 0.179 e. The van der Waals surface area contributed by atoms with Crippen LogP contribution < -0.4 is 9.47 Å². The lowest BCUT2D eigenvalue weighted by molar-refractivity contribution is -0.0805. The van der Waals surface area contributed by atoms with E-state index in [2.05, 4.69) is 11.8 Å². The molecule has 5 nitrogen and oxygen atoms in total. The van der Waals surface area contributed by atoms with Crippen LogP contribution >= 0.6 is 11.6 Å². The van der Waals surface area contributed by atoms with E-state index in [0.717, 1.165) is 12.1 Å². The lowest BCUT2D eigenvalue weighted by Crippen LogP contribution is -2.48. The van der Waals surface area contributed by atoms with Crippen LogP contribution in [0, 0.1) is 0 Å². The number of nitrogens with zero attached hydrogens (tertiary/aromatic N) is 1. The summed E-state index contributed by atoms with van der Waals surface area (Å²) >= 11 is 6.27. The van der Waals surface area contributed by atoms with Gasteiger partial charge in [0, 0.05) is 19.1 Å². The average Bonchev–Trinajstić information content (AvgIpc) is 2.49. The number of aliphatic hydroxyl groups excluding tert-OH is 1. The minimum atomic E-state index is -0.117. The van der Waals surface area contributed by atoms with Gasteiger partial charge in [-0.25, -0.2) is 0 Å². The largest absolute Gasteiger partial charge is 0.486 e. The fraction of sp³-hybridized carbons (Fsp3) is 0.600. The zero-order valence-electron chi connectivity index (χ0n) is 12.0. The fourth-order valence-electron chi connectivity index (χ4n) is 2.70. The predicted molar refractivity (Wildman–Crippen MR) is 79.1 cm³/mol. The van der Waals surface area contributed by atoms with Crippen LogP contribution in [0.2, 0.25) is 5.02 Å². The molecular weight excluding hydrogens is 294 g/mol. The van der Waals surface area contributed by atoms with Crippen molar-refractivity contribution in [3.05, 3.63) is 22.7 Å². The molecule has 21 heavy (non-hydrogen) atoms. The Hall–Kier alpha value is -1.01. The third-order valence-electron chi connectivity index (χ3n) is 3.88. The number of rotatable bonds is 3. The second kappa shape index (κ2) is 6.40. The van der Waals surface area contributed by atoms with E-state index in [0.29, 0.717) is 48.9 Å². The van der Waals surface area contributed by atoms with Crippen molar-refractivity contribution < 1.29 is 19.3 Å². The summed E-state index contributed by atoms with van der Waals surface area (Å²) in [7, 11) is 0. The van der Waals surface area contributed by atoms with Crippen LogP contribution in [0.25, 0.3) is 0 Å². The Bertz CT molecular complexity index is 511. The van der Waals surface area contributed by atoms with E-state index in [1.165, 1.54) is 0 Å². The SMILES string of the molecule is CC1COC(CO)CN1Cc1cc(Cl)c2c(c1)OCCO2. The number of hydrogen-bond donors (Lipinski definition) is 1.